The van der Waals surface area contributed by atoms with Crippen LogP contribution in [0.25, 0.3) is 11.2 Å². The zero-order valence-corrected chi connectivity index (χ0v) is 31.9. The normalized spacial score (nSPS) is 24.3. The van der Waals surface area contributed by atoms with Crippen LogP contribution in [0, 0.1) is 0 Å². The number of halogens is 2. The largest absolute Gasteiger partial charge is 0.536 e. The number of allylic oxidation sites excluding steroid dienone is 4. The molecular weight excluding hydrogens is 835 g/mol. The number of phosphoric ester groups is 2. The molecule has 4 heterocycles. The highest BCUT2D eigenvalue weighted by Gasteiger charge is 2.47. The first kappa shape index (κ1) is 39.8. The fourth-order valence-electron chi connectivity index (χ4n) is 5.65. The van der Waals surface area contributed by atoms with Crippen molar-refractivity contribution in [3.8, 4) is 5.75 Å². The Balaban J connectivity index is 1.06. The van der Waals surface area contributed by atoms with Crippen molar-refractivity contribution in [1.29, 1.82) is 0 Å². The summed E-state index contributed by atoms with van der Waals surface area (Å²) in [6.07, 6.45) is 1.40. The molecule has 1 aromatic carbocycles. The van der Waals surface area contributed by atoms with Crippen molar-refractivity contribution < 1.29 is 69.3 Å². The number of H-pyrrole nitrogens is 1. The maximum atomic E-state index is 12.7. The van der Waals surface area contributed by atoms with Gasteiger partial charge in [-0.05, 0) is 42.7 Å². The van der Waals surface area contributed by atoms with Gasteiger partial charge in [-0.3, -0.25) is 28.6 Å². The summed E-state index contributed by atoms with van der Waals surface area (Å²) in [6.45, 7) is 2.61. The van der Waals surface area contributed by atoms with Gasteiger partial charge in [0.15, 0.2) is 11.2 Å². The van der Waals surface area contributed by atoms with E-state index in [2.05, 4.69) is 32.9 Å². The summed E-state index contributed by atoms with van der Waals surface area (Å²) in [7, 11) is -23.4. The van der Waals surface area contributed by atoms with Crippen molar-refractivity contribution in [1.82, 2.24) is 19.5 Å². The molecule has 1 aliphatic carbocycles. The molecule has 28 heteroatoms. The lowest BCUT2D eigenvalue weighted by molar-refractivity contribution is -0.111. The van der Waals surface area contributed by atoms with Crippen molar-refractivity contribution in [2.75, 3.05) is 12.3 Å². The number of rotatable bonds is 12. The Hall–Kier alpha value is -2.87. The summed E-state index contributed by atoms with van der Waals surface area (Å²) >= 11 is 12.3. The van der Waals surface area contributed by atoms with Gasteiger partial charge in [0.1, 0.15) is 12.0 Å². The number of hydrogen-bond acceptors (Lipinski definition) is 16. The third-order valence-electron chi connectivity index (χ3n) is 7.77. The Morgan fingerprint density at radius 3 is 2.38 bits per heavy atom. The van der Waals surface area contributed by atoms with Crippen LogP contribution in [-0.4, -0.2) is 63.3 Å². The average Bonchev–Trinajstić information content (AvgIpc) is 3.64. The summed E-state index contributed by atoms with van der Waals surface area (Å²) in [5.74, 6) is -1.25. The molecule has 286 valence electrons. The van der Waals surface area contributed by atoms with Gasteiger partial charge in [0, 0.05) is 11.0 Å². The molecule has 0 bridgehead atoms. The third-order valence-corrected chi connectivity index (χ3v) is 14.3. The van der Waals surface area contributed by atoms with Crippen molar-refractivity contribution >= 4 is 88.8 Å². The van der Waals surface area contributed by atoms with Crippen LogP contribution >= 0.6 is 54.5 Å². The van der Waals surface area contributed by atoms with Gasteiger partial charge in [0.05, 0.1) is 40.5 Å². The van der Waals surface area contributed by atoms with Crippen LogP contribution in [-0.2, 0) is 50.7 Å². The van der Waals surface area contributed by atoms with E-state index >= 15 is 0 Å². The second-order valence-electron chi connectivity index (χ2n) is 11.9. The molecule has 0 spiro atoms. The number of aromatic nitrogens is 4. The molecule has 6 rings (SSSR count). The molecule has 3 aromatic rings. The number of hydrogen-bond donors (Lipinski definition) is 6. The van der Waals surface area contributed by atoms with Crippen LogP contribution in [0.3, 0.4) is 0 Å². The number of nitrogens with one attached hydrogen (secondary N) is 1. The number of phosphoric acid groups is 4. The predicted octanol–water partition coefficient (Wildman–Crippen LogP) is 4.49. The first-order valence-electron chi connectivity index (χ1n) is 14.7. The van der Waals surface area contributed by atoms with E-state index < -0.39 is 72.7 Å². The number of benzene rings is 1. The van der Waals surface area contributed by atoms with Crippen molar-refractivity contribution in [2.45, 2.75) is 44.4 Å². The molecule has 0 radical (unpaired) electrons. The second-order valence-corrected chi connectivity index (χ2v) is 18.8. The molecule has 4 unspecified atom stereocenters. The number of aliphatic imine (C=N–C) groups is 1. The van der Waals surface area contributed by atoms with Crippen LogP contribution in [0.4, 0.5) is 11.6 Å². The lowest BCUT2D eigenvalue weighted by atomic mass is 9.71. The molecule has 0 amide bonds. The van der Waals surface area contributed by atoms with Crippen LogP contribution in [0.15, 0.2) is 56.0 Å². The lowest BCUT2D eigenvalue weighted by Gasteiger charge is -2.36. The highest BCUT2D eigenvalue weighted by Crippen LogP contribution is 2.71. The highest BCUT2D eigenvalue weighted by atomic mass is 35.5. The van der Waals surface area contributed by atoms with Gasteiger partial charge >= 0.3 is 31.3 Å². The number of fused-ring (bicyclic) bond motifs is 3. The summed E-state index contributed by atoms with van der Waals surface area (Å²) in [5.41, 5.74) is 5.28. The molecule has 0 saturated carbocycles. The fraction of sp³-hybridized carbons (Fsp3) is 0.320. The molecule has 1 fully saturated rings. The van der Waals surface area contributed by atoms with E-state index in [1.54, 1.807) is 13.8 Å². The Morgan fingerprint density at radius 2 is 1.68 bits per heavy atom. The molecule has 1 saturated heterocycles. The Labute approximate surface area is 306 Å². The number of anilines is 1. The number of carbonyl (C=O) groups excluding carboxylic acids is 1. The summed E-state index contributed by atoms with van der Waals surface area (Å²) < 4.78 is 78.8. The first-order valence-corrected chi connectivity index (χ1v) is 21.4. The average molecular weight is 861 g/mol. The fourth-order valence-corrected chi connectivity index (χ4v) is 11.3. The minimum atomic E-state index is -6.09. The SMILES string of the molecule is CC1(C)C2=C(Cl)C(=O)C(Cl)=CC2=Nc2ccc(OP(=O)(O)OP(=O)(O)OP(=O)(O)OP(=O)(O)OC[C@@H]3CC[C@H](n4cnc5c(=O)[nH]c(N)nc54)O3)cc21. The van der Waals surface area contributed by atoms with Gasteiger partial charge in [-0.2, -0.15) is 17.9 Å². The minimum absolute atomic E-state index is 0.0213. The summed E-state index contributed by atoms with van der Waals surface area (Å²) in [5, 5.41) is -0.359. The molecule has 6 atom stereocenters. The van der Waals surface area contributed by atoms with Crippen molar-refractivity contribution in [3.63, 3.8) is 0 Å². The third kappa shape index (κ3) is 8.53. The highest BCUT2D eigenvalue weighted by molar-refractivity contribution is 7.69. The maximum Gasteiger partial charge on any atom is 0.536 e. The second kappa shape index (κ2) is 14.0. The van der Waals surface area contributed by atoms with Gasteiger partial charge in [-0.1, -0.05) is 37.0 Å². The Kier molecular flexibility index (Phi) is 10.5. The lowest BCUT2D eigenvalue weighted by Crippen LogP contribution is -2.32. The molecule has 22 nitrogen and oxygen atoms in total. The van der Waals surface area contributed by atoms with Crippen LogP contribution in [0.1, 0.15) is 38.5 Å². The predicted molar refractivity (Wildman–Crippen MR) is 183 cm³/mol. The monoisotopic (exact) mass is 860 g/mol. The van der Waals surface area contributed by atoms with Crippen molar-refractivity contribution in [2.24, 2.45) is 4.99 Å². The molecule has 2 aromatic heterocycles. The van der Waals surface area contributed by atoms with Gasteiger partial charge in [0.25, 0.3) is 5.56 Å². The van der Waals surface area contributed by atoms with E-state index in [1.165, 1.54) is 29.1 Å². The molecule has 3 aliphatic rings. The molecular formula is C25H26Cl2N6O16P4. The number of carbonyl (C=O) groups is 1. The van der Waals surface area contributed by atoms with Crippen LogP contribution in [0.5, 0.6) is 5.75 Å². The number of nitrogen functional groups attached to an aromatic ring is 1. The van der Waals surface area contributed by atoms with Crippen molar-refractivity contribution in [3.05, 3.63) is 62.2 Å². The number of Topliss-reactive ketones (excluding diaryl/α,β-unsaturated/α-hetero) is 1. The van der Waals surface area contributed by atoms with E-state index in [4.69, 9.17) is 42.7 Å². The van der Waals surface area contributed by atoms with Crippen LogP contribution in [0.2, 0.25) is 0 Å². The van der Waals surface area contributed by atoms with Crippen LogP contribution < -0.4 is 15.8 Å². The van der Waals surface area contributed by atoms with Gasteiger partial charge in [0.2, 0.25) is 11.7 Å². The van der Waals surface area contributed by atoms with Gasteiger partial charge in [-0.15, -0.1) is 0 Å². The topological polar surface area (TPSA) is 324 Å². The number of ether oxygens (including phenoxy) is 1. The number of imidazole rings is 1. The summed E-state index contributed by atoms with van der Waals surface area (Å²) in [4.78, 5) is 79.3. The maximum absolute atomic E-state index is 12.7. The standard InChI is InChI=1S/C25H26Cl2N6O16P4/c1-25(2)13-7-11(3-5-15(13)30-16-8-14(26)21(34)19(27)18(16)25)46-51(38,39)48-53(42,43)49-52(40,41)47-50(36,37)44-9-12-4-6-17(45-12)33-10-29-20-22(33)31-24(28)32-23(20)35/h3,5,7-8,10,12,17H,4,6,9H2,1-2H3,(H,36,37)(H,38,39)(H,40,41)(H,42,43)(H3,28,31,32,35)/t12-,17+/m0/s1. The van der Waals surface area contributed by atoms with E-state index in [9.17, 15) is 47.4 Å². The first-order chi connectivity index (χ1) is 24.5. The van der Waals surface area contributed by atoms with E-state index in [1.807, 2.05) is 0 Å². The molecule has 2 aliphatic heterocycles. The molecule has 53 heavy (non-hydrogen) atoms. The minimum Gasteiger partial charge on any atom is -0.404 e. The van der Waals surface area contributed by atoms with E-state index in [0.717, 1.165) is 6.07 Å². The zero-order chi connectivity index (χ0) is 38.9. The number of aromatic amines is 1. The van der Waals surface area contributed by atoms with Gasteiger partial charge < -0.3 is 29.7 Å². The zero-order valence-electron chi connectivity index (χ0n) is 26.8. The Morgan fingerprint density at radius 1 is 1.02 bits per heavy atom. The smallest absolute Gasteiger partial charge is 0.404 e. The number of ketones is 1. The summed E-state index contributed by atoms with van der Waals surface area (Å²) in [6, 6.07) is 3.68. The molecule has 7 N–H and O–H groups in total. The van der Waals surface area contributed by atoms with E-state index in [-0.39, 0.29) is 40.0 Å². The van der Waals surface area contributed by atoms with Gasteiger partial charge in [-0.25, -0.2) is 28.2 Å². The number of nitrogens with zero attached hydrogens (tertiary/aromatic N) is 4. The Bertz CT molecular complexity index is 2410. The number of nitrogens with two attached hydrogens (primary N) is 1. The quantitative estimate of drug-likeness (QED) is 0.108. The van der Waals surface area contributed by atoms with E-state index in [0.29, 0.717) is 22.5 Å².